The minimum atomic E-state index is -0.155. The number of carbonyl (C=O) groups is 1. The standard InChI is InChI=1S/C13H20N2O2/c1-4-17-13(16)11(3)8-14-9-12-10(2)6-5-7-15-12/h5-7,11,14H,4,8-9H2,1-3H3. The van der Waals surface area contributed by atoms with E-state index in [1.54, 1.807) is 6.20 Å². The van der Waals surface area contributed by atoms with Crippen LogP contribution in [-0.4, -0.2) is 24.1 Å². The quantitative estimate of drug-likeness (QED) is 0.763. The molecule has 17 heavy (non-hydrogen) atoms. The number of nitrogens with zero attached hydrogens (tertiary/aromatic N) is 1. The molecule has 0 radical (unpaired) electrons. The molecule has 0 aromatic carbocycles. The van der Waals surface area contributed by atoms with Gasteiger partial charge in [-0.2, -0.15) is 0 Å². The van der Waals surface area contributed by atoms with Crippen molar-refractivity contribution in [3.8, 4) is 0 Å². The average Bonchev–Trinajstić information content (AvgIpc) is 2.31. The molecule has 0 bridgehead atoms. The molecule has 1 unspecified atom stereocenters. The van der Waals surface area contributed by atoms with Gasteiger partial charge in [0.05, 0.1) is 18.2 Å². The van der Waals surface area contributed by atoms with E-state index < -0.39 is 0 Å². The molecule has 94 valence electrons. The lowest BCUT2D eigenvalue weighted by atomic mass is 10.1. The Morgan fingerprint density at radius 1 is 1.59 bits per heavy atom. The fraction of sp³-hybridized carbons (Fsp3) is 0.538. The Balaban J connectivity index is 2.33. The maximum atomic E-state index is 11.4. The van der Waals surface area contributed by atoms with E-state index >= 15 is 0 Å². The van der Waals surface area contributed by atoms with E-state index in [2.05, 4.69) is 10.3 Å². The van der Waals surface area contributed by atoms with E-state index in [-0.39, 0.29) is 11.9 Å². The molecular weight excluding hydrogens is 216 g/mol. The van der Waals surface area contributed by atoms with Crippen molar-refractivity contribution in [1.29, 1.82) is 0 Å². The molecule has 0 aliphatic rings. The van der Waals surface area contributed by atoms with Gasteiger partial charge in [-0.05, 0) is 25.5 Å². The third-order valence-electron chi connectivity index (χ3n) is 2.55. The summed E-state index contributed by atoms with van der Waals surface area (Å²) < 4.78 is 4.94. The normalized spacial score (nSPS) is 12.2. The van der Waals surface area contributed by atoms with Crippen molar-refractivity contribution in [2.75, 3.05) is 13.2 Å². The Morgan fingerprint density at radius 3 is 3.00 bits per heavy atom. The van der Waals surface area contributed by atoms with Gasteiger partial charge in [0.1, 0.15) is 0 Å². The second kappa shape index (κ2) is 7.01. The molecule has 0 fully saturated rings. The summed E-state index contributed by atoms with van der Waals surface area (Å²) in [5.74, 6) is -0.281. The van der Waals surface area contributed by atoms with E-state index in [0.29, 0.717) is 19.7 Å². The monoisotopic (exact) mass is 236 g/mol. The van der Waals surface area contributed by atoms with Crippen LogP contribution in [-0.2, 0) is 16.1 Å². The molecule has 1 aromatic heterocycles. The summed E-state index contributed by atoms with van der Waals surface area (Å²) in [6, 6.07) is 3.94. The molecule has 0 aliphatic heterocycles. The van der Waals surface area contributed by atoms with E-state index in [4.69, 9.17) is 4.74 Å². The van der Waals surface area contributed by atoms with Gasteiger partial charge in [0.15, 0.2) is 0 Å². The number of ether oxygens (including phenoxy) is 1. The summed E-state index contributed by atoms with van der Waals surface area (Å²) >= 11 is 0. The number of aryl methyl sites for hydroxylation is 1. The summed E-state index contributed by atoms with van der Waals surface area (Å²) in [7, 11) is 0. The molecule has 1 N–H and O–H groups in total. The highest BCUT2D eigenvalue weighted by molar-refractivity contribution is 5.72. The van der Waals surface area contributed by atoms with Crippen LogP contribution in [0.5, 0.6) is 0 Å². The van der Waals surface area contributed by atoms with Crippen LogP contribution in [0.15, 0.2) is 18.3 Å². The zero-order chi connectivity index (χ0) is 12.7. The van der Waals surface area contributed by atoms with Gasteiger partial charge in [-0.25, -0.2) is 0 Å². The Morgan fingerprint density at radius 2 is 2.35 bits per heavy atom. The van der Waals surface area contributed by atoms with Crippen LogP contribution < -0.4 is 5.32 Å². The summed E-state index contributed by atoms with van der Waals surface area (Å²) in [5, 5.41) is 3.22. The van der Waals surface area contributed by atoms with Crippen LogP contribution >= 0.6 is 0 Å². The maximum Gasteiger partial charge on any atom is 0.309 e. The summed E-state index contributed by atoms with van der Waals surface area (Å²) in [5.41, 5.74) is 2.17. The van der Waals surface area contributed by atoms with Gasteiger partial charge in [-0.15, -0.1) is 0 Å². The average molecular weight is 236 g/mol. The van der Waals surface area contributed by atoms with Crippen LogP contribution in [0.3, 0.4) is 0 Å². The Hall–Kier alpha value is -1.42. The van der Waals surface area contributed by atoms with Crippen LogP contribution in [0.25, 0.3) is 0 Å². The molecule has 0 aliphatic carbocycles. The lowest BCUT2D eigenvalue weighted by Crippen LogP contribution is -2.28. The van der Waals surface area contributed by atoms with Crippen LogP contribution in [0.2, 0.25) is 0 Å². The van der Waals surface area contributed by atoms with Crippen LogP contribution in [0, 0.1) is 12.8 Å². The van der Waals surface area contributed by atoms with Crippen molar-refractivity contribution in [3.63, 3.8) is 0 Å². The van der Waals surface area contributed by atoms with Crippen molar-refractivity contribution < 1.29 is 9.53 Å². The molecule has 0 amide bonds. The fourth-order valence-corrected chi connectivity index (χ4v) is 1.48. The number of pyridine rings is 1. The zero-order valence-electron chi connectivity index (χ0n) is 10.7. The SMILES string of the molecule is CCOC(=O)C(C)CNCc1ncccc1C. The molecule has 0 saturated carbocycles. The molecule has 1 aromatic rings. The van der Waals surface area contributed by atoms with Crippen molar-refractivity contribution in [1.82, 2.24) is 10.3 Å². The highest BCUT2D eigenvalue weighted by atomic mass is 16.5. The topological polar surface area (TPSA) is 51.2 Å². The van der Waals surface area contributed by atoms with Crippen molar-refractivity contribution >= 4 is 5.97 Å². The number of hydrogen-bond acceptors (Lipinski definition) is 4. The highest BCUT2D eigenvalue weighted by Gasteiger charge is 2.13. The predicted molar refractivity (Wildman–Crippen MR) is 66.5 cm³/mol. The Labute approximate surface area is 102 Å². The third kappa shape index (κ3) is 4.53. The number of rotatable bonds is 6. The van der Waals surface area contributed by atoms with Crippen molar-refractivity contribution in [2.45, 2.75) is 27.3 Å². The fourth-order valence-electron chi connectivity index (χ4n) is 1.48. The van der Waals surface area contributed by atoms with Crippen molar-refractivity contribution in [3.05, 3.63) is 29.6 Å². The minimum Gasteiger partial charge on any atom is -0.466 e. The highest BCUT2D eigenvalue weighted by Crippen LogP contribution is 2.03. The van der Waals surface area contributed by atoms with E-state index in [1.165, 1.54) is 0 Å². The van der Waals surface area contributed by atoms with Crippen LogP contribution in [0.1, 0.15) is 25.1 Å². The minimum absolute atomic E-state index is 0.126. The van der Waals surface area contributed by atoms with E-state index in [9.17, 15) is 4.79 Å². The third-order valence-corrected chi connectivity index (χ3v) is 2.55. The first-order chi connectivity index (χ1) is 8.15. The molecule has 1 atom stereocenters. The zero-order valence-corrected chi connectivity index (χ0v) is 10.7. The summed E-state index contributed by atoms with van der Waals surface area (Å²) in [6.45, 7) is 7.41. The summed E-state index contributed by atoms with van der Waals surface area (Å²) in [4.78, 5) is 15.7. The van der Waals surface area contributed by atoms with Gasteiger partial charge in [-0.3, -0.25) is 9.78 Å². The molecular formula is C13H20N2O2. The lowest BCUT2D eigenvalue weighted by molar-refractivity contribution is -0.147. The molecule has 1 heterocycles. The first-order valence-corrected chi connectivity index (χ1v) is 5.93. The Bertz CT molecular complexity index is 366. The van der Waals surface area contributed by atoms with Gasteiger partial charge < -0.3 is 10.1 Å². The molecule has 0 saturated heterocycles. The van der Waals surface area contributed by atoms with Gasteiger partial charge in [0, 0.05) is 19.3 Å². The molecule has 1 rings (SSSR count). The smallest absolute Gasteiger partial charge is 0.309 e. The van der Waals surface area contributed by atoms with Gasteiger partial charge >= 0.3 is 5.97 Å². The van der Waals surface area contributed by atoms with Gasteiger partial charge in [0.2, 0.25) is 0 Å². The molecule has 4 nitrogen and oxygen atoms in total. The second-order valence-corrected chi connectivity index (χ2v) is 4.05. The predicted octanol–water partition coefficient (Wildman–Crippen LogP) is 1.68. The molecule has 4 heteroatoms. The van der Waals surface area contributed by atoms with Gasteiger partial charge in [-0.1, -0.05) is 13.0 Å². The summed E-state index contributed by atoms with van der Waals surface area (Å²) in [6.07, 6.45) is 1.78. The first kappa shape index (κ1) is 13.6. The molecule has 0 spiro atoms. The number of aromatic nitrogens is 1. The Kier molecular flexibility index (Phi) is 5.63. The van der Waals surface area contributed by atoms with E-state index in [1.807, 2.05) is 32.9 Å². The van der Waals surface area contributed by atoms with Crippen molar-refractivity contribution in [2.24, 2.45) is 5.92 Å². The lowest BCUT2D eigenvalue weighted by Gasteiger charge is -2.11. The van der Waals surface area contributed by atoms with E-state index in [0.717, 1.165) is 11.3 Å². The van der Waals surface area contributed by atoms with Gasteiger partial charge in [0.25, 0.3) is 0 Å². The largest absolute Gasteiger partial charge is 0.466 e. The number of hydrogen-bond donors (Lipinski definition) is 1. The second-order valence-electron chi connectivity index (χ2n) is 4.05. The maximum absolute atomic E-state index is 11.4. The first-order valence-electron chi connectivity index (χ1n) is 5.93. The number of nitrogens with one attached hydrogen (secondary N) is 1. The van der Waals surface area contributed by atoms with Crippen LogP contribution in [0.4, 0.5) is 0 Å². The number of esters is 1. The number of carbonyl (C=O) groups excluding carboxylic acids is 1.